The highest BCUT2D eigenvalue weighted by atomic mass is 35.5. The van der Waals surface area contributed by atoms with Crippen LogP contribution in [0.3, 0.4) is 0 Å². The maximum absolute atomic E-state index is 12.6. The summed E-state index contributed by atoms with van der Waals surface area (Å²) in [5.41, 5.74) is 3.47. The molecule has 106 valence electrons. The maximum atomic E-state index is 12.6. The van der Waals surface area contributed by atoms with Gasteiger partial charge in [-0.1, -0.05) is 41.9 Å². The molecule has 0 amide bonds. The zero-order valence-electron chi connectivity index (χ0n) is 11.7. The lowest BCUT2D eigenvalue weighted by Gasteiger charge is -2.02. The van der Waals surface area contributed by atoms with Crippen LogP contribution in [0.5, 0.6) is 0 Å². The minimum Gasteiger partial charge on any atom is -0.289 e. The molecular weight excluding hydrogens is 294 g/mol. The summed E-state index contributed by atoms with van der Waals surface area (Å²) in [6.07, 6.45) is 6.17. The second kappa shape index (κ2) is 5.08. The van der Waals surface area contributed by atoms with Crippen molar-refractivity contribution in [3.05, 3.63) is 82.1 Å². The number of carbonyl (C=O) groups is 1. The highest BCUT2D eigenvalue weighted by molar-refractivity contribution is 6.33. The molecule has 4 rings (SSSR count). The van der Waals surface area contributed by atoms with Crippen LogP contribution in [0.25, 0.3) is 16.8 Å². The summed E-state index contributed by atoms with van der Waals surface area (Å²) < 4.78 is 0. The van der Waals surface area contributed by atoms with Crippen molar-refractivity contribution in [1.82, 2.24) is 4.98 Å². The average Bonchev–Trinajstić information content (AvgIpc) is 2.86. The third-order valence-electron chi connectivity index (χ3n) is 4.07. The van der Waals surface area contributed by atoms with E-state index < -0.39 is 0 Å². The molecule has 1 heterocycles. The van der Waals surface area contributed by atoms with Gasteiger partial charge in [0.1, 0.15) is 0 Å². The number of hydrogen-bond donors (Lipinski definition) is 0. The molecule has 3 aromatic rings. The fourth-order valence-corrected chi connectivity index (χ4v) is 3.21. The molecule has 0 atom stereocenters. The number of allylic oxidation sites excluding steroid dienone is 1. The number of fused-ring (bicyclic) bond motifs is 2. The second-order valence-electron chi connectivity index (χ2n) is 5.39. The van der Waals surface area contributed by atoms with Gasteiger partial charge in [-0.3, -0.25) is 9.78 Å². The van der Waals surface area contributed by atoms with Crippen molar-refractivity contribution in [2.45, 2.75) is 6.42 Å². The molecule has 1 aromatic heterocycles. The van der Waals surface area contributed by atoms with Gasteiger partial charge in [0.25, 0.3) is 0 Å². The number of benzene rings is 2. The lowest BCUT2D eigenvalue weighted by Crippen LogP contribution is -1.95. The predicted molar refractivity (Wildman–Crippen MR) is 89.2 cm³/mol. The molecule has 0 saturated heterocycles. The summed E-state index contributed by atoms with van der Waals surface area (Å²) in [6, 6.07) is 13.5. The van der Waals surface area contributed by atoms with Crippen LogP contribution in [0, 0.1) is 0 Å². The minimum absolute atomic E-state index is 0.0727. The van der Waals surface area contributed by atoms with Crippen molar-refractivity contribution in [1.29, 1.82) is 0 Å². The molecule has 22 heavy (non-hydrogen) atoms. The van der Waals surface area contributed by atoms with Gasteiger partial charge in [0.15, 0.2) is 5.78 Å². The number of halogens is 1. The van der Waals surface area contributed by atoms with Crippen LogP contribution in [0.2, 0.25) is 5.02 Å². The molecule has 0 aliphatic heterocycles. The molecule has 1 aliphatic rings. The Morgan fingerprint density at radius 3 is 2.82 bits per heavy atom. The van der Waals surface area contributed by atoms with Crippen molar-refractivity contribution in [3.8, 4) is 0 Å². The molecule has 0 saturated carbocycles. The van der Waals surface area contributed by atoms with Crippen LogP contribution in [-0.4, -0.2) is 10.8 Å². The van der Waals surface area contributed by atoms with E-state index in [1.807, 2.05) is 54.7 Å². The van der Waals surface area contributed by atoms with E-state index in [0.29, 0.717) is 11.4 Å². The molecule has 0 N–H and O–H groups in total. The van der Waals surface area contributed by atoms with Gasteiger partial charge in [0, 0.05) is 40.4 Å². The average molecular weight is 306 g/mol. The zero-order chi connectivity index (χ0) is 15.1. The molecule has 0 spiro atoms. The molecule has 0 unspecified atom stereocenters. The van der Waals surface area contributed by atoms with Gasteiger partial charge in [-0.05, 0) is 34.7 Å². The highest BCUT2D eigenvalue weighted by Gasteiger charge is 2.26. The van der Waals surface area contributed by atoms with Crippen molar-refractivity contribution < 1.29 is 4.79 Å². The summed E-state index contributed by atoms with van der Waals surface area (Å²) in [6.45, 7) is 0. The monoisotopic (exact) mass is 305 g/mol. The first-order valence-electron chi connectivity index (χ1n) is 7.09. The first kappa shape index (κ1) is 13.2. The first-order valence-corrected chi connectivity index (χ1v) is 7.47. The van der Waals surface area contributed by atoms with Gasteiger partial charge in [-0.25, -0.2) is 0 Å². The van der Waals surface area contributed by atoms with Crippen LogP contribution in [0.4, 0.5) is 0 Å². The van der Waals surface area contributed by atoms with Crippen molar-refractivity contribution >= 4 is 34.2 Å². The van der Waals surface area contributed by atoms with E-state index >= 15 is 0 Å². The number of ketones is 1. The fraction of sp³-hybridized carbons (Fsp3) is 0.0526. The Kier molecular flexibility index (Phi) is 3.05. The summed E-state index contributed by atoms with van der Waals surface area (Å²) in [5, 5.41) is 2.83. The molecule has 2 nitrogen and oxygen atoms in total. The van der Waals surface area contributed by atoms with E-state index in [2.05, 4.69) is 4.98 Å². The number of carbonyl (C=O) groups excluding carboxylic acids is 1. The summed E-state index contributed by atoms with van der Waals surface area (Å²) in [7, 11) is 0. The maximum Gasteiger partial charge on any atom is 0.189 e. The van der Waals surface area contributed by atoms with Gasteiger partial charge in [0.2, 0.25) is 0 Å². The number of pyridine rings is 1. The van der Waals surface area contributed by atoms with E-state index in [1.54, 1.807) is 6.20 Å². The molecule has 2 aromatic carbocycles. The highest BCUT2D eigenvalue weighted by Crippen LogP contribution is 2.33. The minimum atomic E-state index is 0.0727. The quantitative estimate of drug-likeness (QED) is 0.609. The molecule has 0 radical (unpaired) electrons. The van der Waals surface area contributed by atoms with Gasteiger partial charge in [-0.15, -0.1) is 0 Å². The number of nitrogens with zero attached hydrogens (tertiary/aromatic N) is 1. The third-order valence-corrected chi connectivity index (χ3v) is 4.42. The predicted octanol–water partition coefficient (Wildman–Crippen LogP) is 4.71. The molecule has 0 fully saturated rings. The normalized spacial score (nSPS) is 15.5. The Balaban J connectivity index is 1.85. The van der Waals surface area contributed by atoms with Crippen molar-refractivity contribution in [3.63, 3.8) is 0 Å². The van der Waals surface area contributed by atoms with E-state index in [9.17, 15) is 4.79 Å². The zero-order valence-corrected chi connectivity index (χ0v) is 12.5. The number of Topliss-reactive ketones (excluding diaryl/α,β-unsaturated/α-hetero) is 1. The lowest BCUT2D eigenvalue weighted by atomic mass is 10.0. The standard InChI is InChI=1S/C19H12ClNO/c20-18-6-2-5-16-17(18)10-14(19(16)22)9-12-3-1-4-13-11-21-8-7-15(12)13/h1-9,11H,10H2/b14-9-. The van der Waals surface area contributed by atoms with Gasteiger partial charge < -0.3 is 0 Å². The van der Waals surface area contributed by atoms with E-state index in [1.165, 1.54) is 0 Å². The first-order chi connectivity index (χ1) is 10.7. The largest absolute Gasteiger partial charge is 0.289 e. The van der Waals surface area contributed by atoms with Gasteiger partial charge in [0.05, 0.1) is 0 Å². The third kappa shape index (κ3) is 2.04. The Morgan fingerprint density at radius 1 is 1.09 bits per heavy atom. The summed E-state index contributed by atoms with van der Waals surface area (Å²) in [4.78, 5) is 16.7. The van der Waals surface area contributed by atoms with Crippen molar-refractivity contribution in [2.24, 2.45) is 0 Å². The summed E-state index contributed by atoms with van der Waals surface area (Å²) in [5.74, 6) is 0.0727. The Labute approximate surface area is 133 Å². The smallest absolute Gasteiger partial charge is 0.189 e. The molecule has 3 heteroatoms. The van der Waals surface area contributed by atoms with Gasteiger partial charge in [-0.2, -0.15) is 0 Å². The van der Waals surface area contributed by atoms with E-state index in [-0.39, 0.29) is 5.78 Å². The van der Waals surface area contributed by atoms with Crippen LogP contribution >= 0.6 is 11.6 Å². The fourth-order valence-electron chi connectivity index (χ4n) is 2.97. The van der Waals surface area contributed by atoms with E-state index in [4.69, 9.17) is 11.6 Å². The number of rotatable bonds is 1. The topological polar surface area (TPSA) is 30.0 Å². The Morgan fingerprint density at radius 2 is 1.95 bits per heavy atom. The second-order valence-corrected chi connectivity index (χ2v) is 5.79. The van der Waals surface area contributed by atoms with Crippen molar-refractivity contribution in [2.75, 3.05) is 0 Å². The molecular formula is C19H12ClNO. The number of aromatic nitrogens is 1. The van der Waals surface area contributed by atoms with Crippen LogP contribution < -0.4 is 0 Å². The van der Waals surface area contributed by atoms with Crippen LogP contribution in [0.1, 0.15) is 21.5 Å². The number of hydrogen-bond acceptors (Lipinski definition) is 2. The van der Waals surface area contributed by atoms with Gasteiger partial charge >= 0.3 is 0 Å². The lowest BCUT2D eigenvalue weighted by molar-refractivity contribution is 0.104. The Bertz CT molecular complexity index is 938. The molecule has 0 bridgehead atoms. The molecule has 1 aliphatic carbocycles. The van der Waals surface area contributed by atoms with Crippen LogP contribution in [0.15, 0.2) is 60.4 Å². The summed E-state index contributed by atoms with van der Waals surface area (Å²) >= 11 is 6.21. The Hall–Kier alpha value is -2.45. The van der Waals surface area contributed by atoms with E-state index in [0.717, 1.165) is 33.0 Å². The SMILES string of the molecule is O=C1/C(=C\c2cccc3cnccc23)Cc2c(Cl)cccc21. The van der Waals surface area contributed by atoms with Crippen LogP contribution in [-0.2, 0) is 6.42 Å².